The molecule has 0 saturated heterocycles. The molecule has 2 aromatic carbocycles. The number of esters is 1. The van der Waals surface area contributed by atoms with E-state index in [0.29, 0.717) is 16.8 Å². The van der Waals surface area contributed by atoms with Crippen molar-refractivity contribution < 1.29 is 27.5 Å². The van der Waals surface area contributed by atoms with Crippen LogP contribution in [0.2, 0.25) is 5.02 Å². The van der Waals surface area contributed by atoms with Crippen LogP contribution < -0.4 is 5.32 Å². The number of ether oxygens (including phenoxy) is 1. The quantitative estimate of drug-likeness (QED) is 0.803. The summed E-state index contributed by atoms with van der Waals surface area (Å²) in [6.45, 7) is 1.31. The van der Waals surface area contributed by atoms with Gasteiger partial charge in [-0.05, 0) is 43.3 Å². The van der Waals surface area contributed by atoms with E-state index in [1.165, 1.54) is 19.1 Å². The van der Waals surface area contributed by atoms with Crippen LogP contribution in [-0.4, -0.2) is 18.0 Å². The van der Waals surface area contributed by atoms with Gasteiger partial charge in [-0.3, -0.25) is 4.79 Å². The molecule has 1 amide bonds. The second-order valence-corrected chi connectivity index (χ2v) is 5.56. The molecule has 8 heteroatoms. The van der Waals surface area contributed by atoms with Crippen molar-refractivity contribution in [1.82, 2.24) is 0 Å². The highest BCUT2D eigenvalue weighted by Crippen LogP contribution is 2.29. The summed E-state index contributed by atoms with van der Waals surface area (Å²) in [7, 11) is 0. The van der Waals surface area contributed by atoms with Crippen molar-refractivity contribution in [3.05, 3.63) is 64.7 Å². The molecule has 1 atom stereocenters. The van der Waals surface area contributed by atoms with Gasteiger partial charge >= 0.3 is 12.1 Å². The predicted octanol–water partition coefficient (Wildman–Crippen LogP) is 4.54. The van der Waals surface area contributed by atoms with Gasteiger partial charge in [0.1, 0.15) is 0 Å². The van der Waals surface area contributed by atoms with Crippen molar-refractivity contribution >= 4 is 29.2 Å². The predicted molar refractivity (Wildman–Crippen MR) is 86.4 cm³/mol. The highest BCUT2D eigenvalue weighted by Gasteiger charge is 2.31. The standard InChI is InChI=1S/C17H13ClF3NO3/c1-10(15(23)22-14-7-3-6-13(18)9-14)25-16(24)11-4-2-5-12(8-11)17(19,20)21/h2-10H,1H3,(H,22,23)/t10-/m1/s1. The van der Waals surface area contributed by atoms with Gasteiger partial charge in [0.15, 0.2) is 6.10 Å². The molecular formula is C17H13ClF3NO3. The first-order chi connectivity index (χ1) is 11.7. The molecule has 0 saturated carbocycles. The van der Waals surface area contributed by atoms with Crippen molar-refractivity contribution in [2.75, 3.05) is 5.32 Å². The molecule has 2 aromatic rings. The van der Waals surface area contributed by atoms with Crippen molar-refractivity contribution in [2.45, 2.75) is 19.2 Å². The summed E-state index contributed by atoms with van der Waals surface area (Å²) in [4.78, 5) is 24.0. The third-order valence-electron chi connectivity index (χ3n) is 3.17. The second-order valence-electron chi connectivity index (χ2n) is 5.13. The number of nitrogens with one attached hydrogen (secondary N) is 1. The number of carbonyl (C=O) groups excluding carboxylic acids is 2. The van der Waals surface area contributed by atoms with E-state index in [-0.39, 0.29) is 5.56 Å². The van der Waals surface area contributed by atoms with E-state index in [1.807, 2.05) is 0 Å². The summed E-state index contributed by atoms with van der Waals surface area (Å²) < 4.78 is 42.9. The van der Waals surface area contributed by atoms with E-state index >= 15 is 0 Å². The fourth-order valence-corrected chi connectivity index (χ4v) is 2.11. The minimum atomic E-state index is -4.58. The van der Waals surface area contributed by atoms with Crippen LogP contribution in [0.4, 0.5) is 18.9 Å². The smallest absolute Gasteiger partial charge is 0.416 e. The molecule has 25 heavy (non-hydrogen) atoms. The van der Waals surface area contributed by atoms with E-state index < -0.39 is 29.7 Å². The first-order valence-electron chi connectivity index (χ1n) is 7.11. The zero-order valence-corrected chi connectivity index (χ0v) is 13.7. The zero-order valence-electron chi connectivity index (χ0n) is 12.9. The van der Waals surface area contributed by atoms with Gasteiger partial charge < -0.3 is 10.1 Å². The summed E-state index contributed by atoms with van der Waals surface area (Å²) in [5.41, 5.74) is -0.866. The van der Waals surface area contributed by atoms with Crippen LogP contribution in [0, 0.1) is 0 Å². The van der Waals surface area contributed by atoms with Crippen molar-refractivity contribution in [3.8, 4) is 0 Å². The third-order valence-corrected chi connectivity index (χ3v) is 3.41. The highest BCUT2D eigenvalue weighted by molar-refractivity contribution is 6.30. The number of carbonyl (C=O) groups is 2. The number of halogens is 4. The monoisotopic (exact) mass is 371 g/mol. The van der Waals surface area contributed by atoms with E-state index in [2.05, 4.69) is 5.32 Å². The lowest BCUT2D eigenvalue weighted by Crippen LogP contribution is -2.30. The first-order valence-corrected chi connectivity index (χ1v) is 7.49. The minimum Gasteiger partial charge on any atom is -0.449 e. The Kier molecular flexibility index (Phi) is 5.69. The average molecular weight is 372 g/mol. The normalized spacial score (nSPS) is 12.4. The molecule has 2 rings (SSSR count). The maximum atomic E-state index is 12.7. The van der Waals surface area contributed by atoms with Gasteiger partial charge in [-0.1, -0.05) is 23.7 Å². The molecule has 0 aliphatic heterocycles. The van der Waals surface area contributed by atoms with Crippen LogP contribution in [0.3, 0.4) is 0 Å². The lowest BCUT2D eigenvalue weighted by atomic mass is 10.1. The molecule has 0 fully saturated rings. The molecule has 0 unspecified atom stereocenters. The Labute approximate surface area is 146 Å². The van der Waals surface area contributed by atoms with Gasteiger partial charge in [0, 0.05) is 10.7 Å². The van der Waals surface area contributed by atoms with Crippen LogP contribution >= 0.6 is 11.6 Å². The van der Waals surface area contributed by atoms with Crippen LogP contribution in [0.25, 0.3) is 0 Å². The number of amides is 1. The van der Waals surface area contributed by atoms with Gasteiger partial charge in [-0.15, -0.1) is 0 Å². The Morgan fingerprint density at radius 2 is 1.80 bits per heavy atom. The molecule has 4 nitrogen and oxygen atoms in total. The number of hydrogen-bond donors (Lipinski definition) is 1. The number of anilines is 1. The van der Waals surface area contributed by atoms with E-state index in [1.54, 1.807) is 18.2 Å². The maximum Gasteiger partial charge on any atom is 0.416 e. The van der Waals surface area contributed by atoms with Gasteiger partial charge in [-0.2, -0.15) is 13.2 Å². The topological polar surface area (TPSA) is 55.4 Å². The molecule has 0 bridgehead atoms. The average Bonchev–Trinajstić information content (AvgIpc) is 2.54. The van der Waals surface area contributed by atoms with Crippen LogP contribution in [0.15, 0.2) is 48.5 Å². The lowest BCUT2D eigenvalue weighted by molar-refractivity contribution is -0.137. The Morgan fingerprint density at radius 3 is 2.44 bits per heavy atom. The van der Waals surface area contributed by atoms with Crippen LogP contribution in [0.5, 0.6) is 0 Å². The first kappa shape index (κ1) is 18.8. The van der Waals surface area contributed by atoms with Crippen LogP contribution in [-0.2, 0) is 15.7 Å². The third kappa shape index (κ3) is 5.22. The number of rotatable bonds is 4. The molecule has 0 radical (unpaired) electrons. The summed E-state index contributed by atoms with van der Waals surface area (Å²) >= 11 is 5.80. The number of alkyl halides is 3. The number of hydrogen-bond acceptors (Lipinski definition) is 3. The number of benzene rings is 2. The SMILES string of the molecule is C[C@@H](OC(=O)c1cccc(C(F)(F)F)c1)C(=O)Nc1cccc(Cl)c1. The largest absolute Gasteiger partial charge is 0.449 e. The summed E-state index contributed by atoms with van der Waals surface area (Å²) in [6.07, 6.45) is -5.78. The van der Waals surface area contributed by atoms with Crippen molar-refractivity contribution in [3.63, 3.8) is 0 Å². The second kappa shape index (κ2) is 7.57. The molecule has 0 aliphatic carbocycles. The molecule has 0 spiro atoms. The summed E-state index contributed by atoms with van der Waals surface area (Å²) in [5, 5.41) is 2.90. The Morgan fingerprint density at radius 1 is 1.12 bits per heavy atom. The van der Waals surface area contributed by atoms with Gasteiger partial charge in [0.2, 0.25) is 0 Å². The molecule has 1 N–H and O–H groups in total. The highest BCUT2D eigenvalue weighted by atomic mass is 35.5. The fourth-order valence-electron chi connectivity index (χ4n) is 1.91. The summed E-state index contributed by atoms with van der Waals surface area (Å²) in [5.74, 6) is -1.66. The van der Waals surface area contributed by atoms with Gasteiger partial charge in [0.25, 0.3) is 5.91 Å². The zero-order chi connectivity index (χ0) is 18.6. The fraction of sp³-hybridized carbons (Fsp3) is 0.176. The molecule has 0 aromatic heterocycles. The molecular weight excluding hydrogens is 359 g/mol. The van der Waals surface area contributed by atoms with Crippen LogP contribution in [0.1, 0.15) is 22.8 Å². The maximum absolute atomic E-state index is 12.7. The molecule has 132 valence electrons. The van der Waals surface area contributed by atoms with Crippen molar-refractivity contribution in [1.29, 1.82) is 0 Å². The van der Waals surface area contributed by atoms with Crippen molar-refractivity contribution in [2.24, 2.45) is 0 Å². The van der Waals surface area contributed by atoms with Gasteiger partial charge in [-0.25, -0.2) is 4.79 Å². The Bertz CT molecular complexity index is 793. The molecule has 0 aliphatic rings. The van der Waals surface area contributed by atoms with E-state index in [4.69, 9.17) is 16.3 Å². The molecule has 0 heterocycles. The Balaban J connectivity index is 2.03. The minimum absolute atomic E-state index is 0.294. The Hall–Kier alpha value is -2.54. The summed E-state index contributed by atoms with van der Waals surface area (Å²) in [6, 6.07) is 10.1. The van der Waals surface area contributed by atoms with Gasteiger partial charge in [0.05, 0.1) is 11.1 Å². The van der Waals surface area contributed by atoms with E-state index in [0.717, 1.165) is 12.1 Å². The van der Waals surface area contributed by atoms with E-state index in [9.17, 15) is 22.8 Å². The lowest BCUT2D eigenvalue weighted by Gasteiger charge is -2.14.